The van der Waals surface area contributed by atoms with Gasteiger partial charge < -0.3 is 10.6 Å². The van der Waals surface area contributed by atoms with Crippen molar-refractivity contribution in [2.24, 2.45) is 11.7 Å². The number of hydrogen-bond acceptors (Lipinski definition) is 3. The van der Waals surface area contributed by atoms with Gasteiger partial charge in [-0.2, -0.15) is 0 Å². The molecule has 2 fully saturated rings. The number of piperidine rings is 1. The van der Waals surface area contributed by atoms with Gasteiger partial charge in [0.2, 0.25) is 0 Å². The molecule has 1 saturated heterocycles. The van der Waals surface area contributed by atoms with Crippen molar-refractivity contribution in [3.63, 3.8) is 0 Å². The van der Waals surface area contributed by atoms with Crippen LogP contribution in [0.5, 0.6) is 0 Å². The molecule has 1 aromatic heterocycles. The van der Waals surface area contributed by atoms with Gasteiger partial charge in [0.25, 0.3) is 0 Å². The van der Waals surface area contributed by atoms with Crippen LogP contribution in [-0.4, -0.2) is 23.4 Å². The number of hydrogen-bond donors (Lipinski definition) is 2. The highest BCUT2D eigenvalue weighted by molar-refractivity contribution is 6.00. The molecule has 102 valence electrons. The summed E-state index contributed by atoms with van der Waals surface area (Å²) in [6, 6.07) is 2.49. The zero-order chi connectivity index (χ0) is 13.2. The van der Waals surface area contributed by atoms with Gasteiger partial charge in [-0.1, -0.05) is 12.8 Å². The van der Waals surface area contributed by atoms with Gasteiger partial charge in [-0.25, -0.2) is 0 Å². The molecule has 1 aromatic rings. The van der Waals surface area contributed by atoms with Gasteiger partial charge in [-0.15, -0.1) is 0 Å². The predicted molar refractivity (Wildman–Crippen MR) is 77.6 cm³/mol. The van der Waals surface area contributed by atoms with Crippen LogP contribution in [0.1, 0.15) is 44.1 Å². The molecule has 1 saturated carbocycles. The molecule has 0 bridgehead atoms. The Kier molecular flexibility index (Phi) is 3.40. The largest absolute Gasteiger partial charge is 0.384 e. The number of nitrogens with one attached hydrogen (secondary N) is 1. The van der Waals surface area contributed by atoms with E-state index in [-0.39, 0.29) is 5.84 Å². The fourth-order valence-electron chi connectivity index (χ4n) is 3.77. The van der Waals surface area contributed by atoms with E-state index in [4.69, 9.17) is 11.1 Å². The normalized spacial score (nSPS) is 26.8. The van der Waals surface area contributed by atoms with E-state index >= 15 is 0 Å². The summed E-state index contributed by atoms with van der Waals surface area (Å²) >= 11 is 0. The maximum atomic E-state index is 7.75. The number of aromatic nitrogens is 1. The lowest BCUT2D eigenvalue weighted by Crippen LogP contribution is -2.47. The van der Waals surface area contributed by atoms with Crippen molar-refractivity contribution in [3.05, 3.63) is 24.0 Å². The number of nitrogens with zero attached hydrogens (tertiary/aromatic N) is 2. The quantitative estimate of drug-likeness (QED) is 0.633. The molecule has 2 heterocycles. The summed E-state index contributed by atoms with van der Waals surface area (Å²) < 4.78 is 0. The number of pyridine rings is 1. The van der Waals surface area contributed by atoms with Gasteiger partial charge in [-0.05, 0) is 37.7 Å². The molecule has 19 heavy (non-hydrogen) atoms. The maximum Gasteiger partial charge on any atom is 0.125 e. The lowest BCUT2D eigenvalue weighted by atomic mass is 9.78. The van der Waals surface area contributed by atoms with Crippen LogP contribution in [0.15, 0.2) is 18.5 Å². The summed E-state index contributed by atoms with van der Waals surface area (Å²) in [6.07, 6.45) is 11.5. The van der Waals surface area contributed by atoms with Gasteiger partial charge >= 0.3 is 0 Å². The number of anilines is 1. The molecule has 4 nitrogen and oxygen atoms in total. The molecular weight excluding hydrogens is 236 g/mol. The molecule has 0 amide bonds. The van der Waals surface area contributed by atoms with Crippen molar-refractivity contribution in [1.29, 1.82) is 5.41 Å². The molecule has 3 rings (SSSR count). The highest BCUT2D eigenvalue weighted by Gasteiger charge is 2.34. The number of nitrogen functional groups attached to an aromatic ring is 1. The highest BCUT2D eigenvalue weighted by atomic mass is 15.2. The van der Waals surface area contributed by atoms with E-state index in [1.165, 1.54) is 38.5 Å². The molecule has 4 heteroatoms. The lowest BCUT2D eigenvalue weighted by Gasteiger charge is -2.45. The molecule has 0 aromatic carbocycles. The molecule has 2 atom stereocenters. The second-order valence-electron chi connectivity index (χ2n) is 5.75. The average molecular weight is 258 g/mol. The van der Waals surface area contributed by atoms with Crippen molar-refractivity contribution >= 4 is 11.5 Å². The van der Waals surface area contributed by atoms with Crippen molar-refractivity contribution in [2.75, 3.05) is 11.4 Å². The van der Waals surface area contributed by atoms with Crippen LogP contribution in [0.2, 0.25) is 0 Å². The van der Waals surface area contributed by atoms with Crippen LogP contribution >= 0.6 is 0 Å². The highest BCUT2D eigenvalue weighted by Crippen LogP contribution is 2.38. The summed E-state index contributed by atoms with van der Waals surface area (Å²) in [5.74, 6) is 0.970. The average Bonchev–Trinajstić information content (AvgIpc) is 2.46. The second kappa shape index (κ2) is 5.19. The molecule has 1 aliphatic heterocycles. The first-order valence-electron chi connectivity index (χ1n) is 7.32. The van der Waals surface area contributed by atoms with E-state index < -0.39 is 0 Å². The fraction of sp³-hybridized carbons (Fsp3) is 0.600. The summed E-state index contributed by atoms with van der Waals surface area (Å²) in [6.45, 7) is 1.08. The Hall–Kier alpha value is -1.58. The third-order valence-corrected chi connectivity index (χ3v) is 4.64. The van der Waals surface area contributed by atoms with Gasteiger partial charge in [0.1, 0.15) is 5.84 Å². The van der Waals surface area contributed by atoms with Crippen LogP contribution in [0.25, 0.3) is 0 Å². The first-order chi connectivity index (χ1) is 9.27. The Balaban J connectivity index is 1.94. The summed E-state index contributed by atoms with van der Waals surface area (Å²) in [5, 5.41) is 7.75. The molecule has 0 spiro atoms. The van der Waals surface area contributed by atoms with E-state index in [0.717, 1.165) is 23.7 Å². The van der Waals surface area contributed by atoms with E-state index in [1.54, 1.807) is 6.20 Å². The standard InChI is InChI=1S/C15H22N4/c16-15(17)12-7-8-18-10-14(12)19-9-3-5-11-4-1-2-6-13(11)19/h7-8,10-11,13H,1-6,9H2,(H3,16,17)/t11-,13-/m1/s1. The Morgan fingerprint density at radius 2 is 2.05 bits per heavy atom. The zero-order valence-electron chi connectivity index (χ0n) is 11.3. The van der Waals surface area contributed by atoms with Gasteiger partial charge in [0.15, 0.2) is 0 Å². The predicted octanol–water partition coefficient (Wildman–Crippen LogP) is 2.52. The van der Waals surface area contributed by atoms with Crippen LogP contribution in [0.3, 0.4) is 0 Å². The molecular formula is C15H22N4. The Morgan fingerprint density at radius 3 is 2.89 bits per heavy atom. The SMILES string of the molecule is N=C(N)c1ccncc1N1CCC[C@H]2CCCC[C@H]21. The van der Waals surface area contributed by atoms with Crippen molar-refractivity contribution < 1.29 is 0 Å². The maximum absolute atomic E-state index is 7.75. The van der Waals surface area contributed by atoms with Gasteiger partial charge in [0.05, 0.1) is 11.9 Å². The second-order valence-corrected chi connectivity index (χ2v) is 5.75. The van der Waals surface area contributed by atoms with Crippen LogP contribution in [-0.2, 0) is 0 Å². The zero-order valence-corrected chi connectivity index (χ0v) is 11.3. The van der Waals surface area contributed by atoms with Gasteiger partial charge in [0, 0.05) is 24.3 Å². The first kappa shape index (κ1) is 12.5. The summed E-state index contributed by atoms with van der Waals surface area (Å²) in [5.41, 5.74) is 7.61. The Morgan fingerprint density at radius 1 is 1.26 bits per heavy atom. The first-order valence-corrected chi connectivity index (χ1v) is 7.32. The minimum Gasteiger partial charge on any atom is -0.384 e. The van der Waals surface area contributed by atoms with Crippen molar-refractivity contribution in [1.82, 2.24) is 4.98 Å². The van der Waals surface area contributed by atoms with Gasteiger partial charge in [-0.3, -0.25) is 10.4 Å². The molecule has 0 unspecified atom stereocenters. The molecule has 1 aliphatic carbocycles. The third-order valence-electron chi connectivity index (χ3n) is 4.64. The van der Waals surface area contributed by atoms with Crippen LogP contribution in [0, 0.1) is 11.3 Å². The van der Waals surface area contributed by atoms with E-state index in [9.17, 15) is 0 Å². The number of fused-ring (bicyclic) bond motifs is 1. The monoisotopic (exact) mass is 258 g/mol. The Bertz CT molecular complexity index is 469. The Labute approximate surface area is 114 Å². The van der Waals surface area contributed by atoms with Crippen LogP contribution < -0.4 is 10.6 Å². The molecule has 0 radical (unpaired) electrons. The third kappa shape index (κ3) is 2.31. The van der Waals surface area contributed by atoms with E-state index in [0.29, 0.717) is 6.04 Å². The van der Waals surface area contributed by atoms with Crippen LogP contribution in [0.4, 0.5) is 5.69 Å². The summed E-state index contributed by atoms with van der Waals surface area (Å²) in [4.78, 5) is 6.72. The van der Waals surface area contributed by atoms with Crippen molar-refractivity contribution in [2.45, 2.75) is 44.6 Å². The van der Waals surface area contributed by atoms with E-state index in [1.807, 2.05) is 12.3 Å². The summed E-state index contributed by atoms with van der Waals surface area (Å²) in [7, 11) is 0. The minimum absolute atomic E-state index is 0.148. The number of amidine groups is 1. The lowest BCUT2D eigenvalue weighted by molar-refractivity contribution is 0.243. The van der Waals surface area contributed by atoms with Crippen molar-refractivity contribution in [3.8, 4) is 0 Å². The number of nitrogens with two attached hydrogens (primary N) is 1. The molecule has 2 aliphatic rings. The topological polar surface area (TPSA) is 66.0 Å². The molecule has 3 N–H and O–H groups in total. The fourth-order valence-corrected chi connectivity index (χ4v) is 3.77. The minimum atomic E-state index is 0.148. The number of rotatable bonds is 2. The van der Waals surface area contributed by atoms with E-state index in [2.05, 4.69) is 9.88 Å². The smallest absolute Gasteiger partial charge is 0.125 e.